The van der Waals surface area contributed by atoms with Gasteiger partial charge in [-0.25, -0.2) is 0 Å². The summed E-state index contributed by atoms with van der Waals surface area (Å²) >= 11 is 0. The lowest BCUT2D eigenvalue weighted by Gasteiger charge is -2.13. The van der Waals surface area contributed by atoms with Crippen molar-refractivity contribution in [2.75, 3.05) is 0 Å². The Bertz CT molecular complexity index is 444. The summed E-state index contributed by atoms with van der Waals surface area (Å²) < 4.78 is 43.1. The minimum absolute atomic E-state index is 0.0181. The Kier molecular flexibility index (Phi) is 2.50. The summed E-state index contributed by atoms with van der Waals surface area (Å²) in [6.45, 7) is 0. The molecule has 1 saturated carbocycles. The summed E-state index contributed by atoms with van der Waals surface area (Å²) in [6.07, 6.45) is -3.01. The number of nitrogens with zero attached hydrogens (tertiary/aromatic N) is 1. The Hall–Kier alpha value is -1.70. The molecule has 2 rings (SSSR count). The maximum Gasteiger partial charge on any atom is 0.420 e. The minimum Gasteiger partial charge on any atom is -0.490 e. The lowest BCUT2D eigenvalue weighted by Crippen LogP contribution is -2.10. The van der Waals surface area contributed by atoms with Crippen LogP contribution >= 0.6 is 0 Å². The molecule has 0 N–H and O–H groups in total. The van der Waals surface area contributed by atoms with E-state index in [2.05, 4.69) is 0 Å². The molecule has 0 aliphatic heterocycles. The molecule has 84 valence electrons. The summed E-state index contributed by atoms with van der Waals surface area (Å²) in [5.74, 6) is -0.186. The summed E-state index contributed by atoms with van der Waals surface area (Å²) in [7, 11) is 0. The van der Waals surface area contributed by atoms with Crippen LogP contribution in [0.1, 0.15) is 24.0 Å². The molecule has 1 aromatic rings. The summed E-state index contributed by atoms with van der Waals surface area (Å²) in [6, 6.07) is 5.03. The molecule has 1 fully saturated rings. The molecular weight excluding hydrogens is 219 g/mol. The van der Waals surface area contributed by atoms with E-state index in [4.69, 9.17) is 10.00 Å². The Labute approximate surface area is 90.3 Å². The molecule has 1 aliphatic carbocycles. The van der Waals surface area contributed by atoms with E-state index >= 15 is 0 Å². The molecule has 0 radical (unpaired) electrons. The monoisotopic (exact) mass is 227 g/mol. The van der Waals surface area contributed by atoms with E-state index in [0.717, 1.165) is 18.9 Å². The molecule has 1 aliphatic rings. The van der Waals surface area contributed by atoms with E-state index in [1.165, 1.54) is 12.1 Å². The normalized spacial score (nSPS) is 15.6. The zero-order valence-corrected chi connectivity index (χ0v) is 8.21. The van der Waals surface area contributed by atoms with Crippen molar-refractivity contribution in [3.8, 4) is 11.8 Å². The van der Waals surface area contributed by atoms with Crippen molar-refractivity contribution in [3.63, 3.8) is 0 Å². The van der Waals surface area contributed by atoms with E-state index in [1.54, 1.807) is 6.07 Å². The number of ether oxygens (including phenoxy) is 1. The first-order chi connectivity index (χ1) is 7.50. The van der Waals surface area contributed by atoms with Crippen molar-refractivity contribution in [1.82, 2.24) is 0 Å². The number of benzene rings is 1. The quantitative estimate of drug-likeness (QED) is 0.777. The lowest BCUT2D eigenvalue weighted by molar-refractivity contribution is -0.139. The fraction of sp³-hybridized carbons (Fsp3) is 0.364. The molecule has 2 nitrogen and oxygen atoms in total. The Morgan fingerprint density at radius 2 is 2.00 bits per heavy atom. The average molecular weight is 227 g/mol. The highest BCUT2D eigenvalue weighted by molar-refractivity contribution is 5.43. The predicted molar refractivity (Wildman–Crippen MR) is 49.8 cm³/mol. The maximum atomic E-state index is 12.6. The number of rotatable bonds is 2. The van der Waals surface area contributed by atoms with Gasteiger partial charge in [0.05, 0.1) is 23.3 Å². The van der Waals surface area contributed by atoms with Gasteiger partial charge in [0.15, 0.2) is 0 Å². The second kappa shape index (κ2) is 3.71. The van der Waals surface area contributed by atoms with Crippen LogP contribution in [-0.4, -0.2) is 6.10 Å². The van der Waals surface area contributed by atoms with Crippen LogP contribution in [0.25, 0.3) is 0 Å². The van der Waals surface area contributed by atoms with Crippen LogP contribution in [0.5, 0.6) is 5.75 Å². The topological polar surface area (TPSA) is 33.0 Å². The second-order valence-electron chi connectivity index (χ2n) is 3.64. The maximum absolute atomic E-state index is 12.6. The third kappa shape index (κ3) is 2.27. The van der Waals surface area contributed by atoms with Crippen molar-refractivity contribution < 1.29 is 17.9 Å². The molecule has 0 aromatic heterocycles. The highest BCUT2D eigenvalue weighted by Gasteiger charge is 2.36. The first kappa shape index (κ1) is 10.8. The van der Waals surface area contributed by atoms with E-state index in [9.17, 15) is 13.2 Å². The molecule has 0 atom stereocenters. The van der Waals surface area contributed by atoms with Gasteiger partial charge in [0, 0.05) is 0 Å². The van der Waals surface area contributed by atoms with Gasteiger partial charge in [-0.3, -0.25) is 0 Å². The summed E-state index contributed by atoms with van der Waals surface area (Å²) in [5.41, 5.74) is -0.895. The molecule has 0 spiro atoms. The number of halogens is 3. The molecule has 16 heavy (non-hydrogen) atoms. The van der Waals surface area contributed by atoms with Gasteiger partial charge in [-0.1, -0.05) is 0 Å². The number of alkyl halides is 3. The third-order valence-electron chi connectivity index (χ3n) is 2.23. The zero-order valence-electron chi connectivity index (χ0n) is 8.21. The van der Waals surface area contributed by atoms with Gasteiger partial charge in [-0.15, -0.1) is 0 Å². The van der Waals surface area contributed by atoms with Gasteiger partial charge in [0.2, 0.25) is 0 Å². The summed E-state index contributed by atoms with van der Waals surface area (Å²) in [5, 5.41) is 8.55. The van der Waals surface area contributed by atoms with E-state index < -0.39 is 11.7 Å². The molecule has 0 amide bonds. The van der Waals surface area contributed by atoms with E-state index in [0.29, 0.717) is 0 Å². The van der Waals surface area contributed by atoms with Crippen LogP contribution in [0.4, 0.5) is 13.2 Å². The second-order valence-corrected chi connectivity index (χ2v) is 3.64. The smallest absolute Gasteiger partial charge is 0.420 e. The number of hydrogen-bond donors (Lipinski definition) is 0. The minimum atomic E-state index is -4.49. The van der Waals surface area contributed by atoms with Gasteiger partial charge >= 0.3 is 6.18 Å². The first-order valence-electron chi connectivity index (χ1n) is 4.78. The molecule has 0 saturated heterocycles. The van der Waals surface area contributed by atoms with Crippen molar-refractivity contribution in [2.45, 2.75) is 25.1 Å². The van der Waals surface area contributed by atoms with Crippen molar-refractivity contribution in [2.24, 2.45) is 0 Å². The van der Waals surface area contributed by atoms with Crippen LogP contribution < -0.4 is 4.74 Å². The van der Waals surface area contributed by atoms with Crippen molar-refractivity contribution >= 4 is 0 Å². The Morgan fingerprint density at radius 3 is 2.50 bits per heavy atom. The number of nitriles is 1. The van der Waals surface area contributed by atoms with Gasteiger partial charge in [0.1, 0.15) is 5.75 Å². The average Bonchev–Trinajstić information content (AvgIpc) is 3.01. The van der Waals surface area contributed by atoms with Gasteiger partial charge in [-0.05, 0) is 31.0 Å². The molecule has 0 heterocycles. The lowest BCUT2D eigenvalue weighted by atomic mass is 10.1. The third-order valence-corrected chi connectivity index (χ3v) is 2.23. The highest BCUT2D eigenvalue weighted by Crippen LogP contribution is 2.39. The fourth-order valence-electron chi connectivity index (χ4n) is 1.29. The van der Waals surface area contributed by atoms with Gasteiger partial charge in [-0.2, -0.15) is 18.4 Å². The predicted octanol–water partition coefficient (Wildman–Crippen LogP) is 3.12. The van der Waals surface area contributed by atoms with Crippen molar-refractivity contribution in [3.05, 3.63) is 29.3 Å². The molecular formula is C11H8F3NO. The Balaban J connectivity index is 2.38. The number of hydrogen-bond acceptors (Lipinski definition) is 2. The SMILES string of the molecule is N#Cc1ccc(OC2CC2)c(C(F)(F)F)c1. The molecule has 5 heteroatoms. The van der Waals surface area contributed by atoms with Crippen LogP contribution in [0.2, 0.25) is 0 Å². The first-order valence-corrected chi connectivity index (χ1v) is 4.78. The van der Waals surface area contributed by atoms with Crippen LogP contribution in [-0.2, 0) is 6.18 Å². The molecule has 0 bridgehead atoms. The molecule has 0 unspecified atom stereocenters. The molecule has 1 aromatic carbocycles. The van der Waals surface area contributed by atoms with Gasteiger partial charge < -0.3 is 4.74 Å². The van der Waals surface area contributed by atoms with Crippen LogP contribution in [0, 0.1) is 11.3 Å². The highest BCUT2D eigenvalue weighted by atomic mass is 19.4. The van der Waals surface area contributed by atoms with Crippen LogP contribution in [0.15, 0.2) is 18.2 Å². The van der Waals surface area contributed by atoms with E-state index in [1.807, 2.05) is 0 Å². The van der Waals surface area contributed by atoms with Gasteiger partial charge in [0.25, 0.3) is 0 Å². The van der Waals surface area contributed by atoms with Crippen LogP contribution in [0.3, 0.4) is 0 Å². The summed E-state index contributed by atoms with van der Waals surface area (Å²) in [4.78, 5) is 0. The van der Waals surface area contributed by atoms with Crippen molar-refractivity contribution in [1.29, 1.82) is 5.26 Å². The standard InChI is InChI=1S/C11H8F3NO/c12-11(13,14)9-5-7(6-15)1-4-10(9)16-8-2-3-8/h1,4-5,8H,2-3H2. The fourth-order valence-corrected chi connectivity index (χ4v) is 1.29. The Morgan fingerprint density at radius 1 is 1.31 bits per heavy atom. The van der Waals surface area contributed by atoms with E-state index in [-0.39, 0.29) is 17.4 Å². The largest absolute Gasteiger partial charge is 0.490 e. The zero-order chi connectivity index (χ0) is 11.8.